The molecule has 0 aromatic carbocycles. The molecule has 1 amide bonds. The third-order valence-corrected chi connectivity index (χ3v) is 3.54. The molecule has 0 aliphatic carbocycles. The average molecular weight is 254 g/mol. The lowest BCUT2D eigenvalue weighted by atomic mass is 10.3. The van der Waals surface area contributed by atoms with Crippen LogP contribution in [0.15, 0.2) is 17.5 Å². The van der Waals surface area contributed by atoms with Crippen LogP contribution in [0.2, 0.25) is 0 Å². The number of hydrogen-bond donors (Lipinski definition) is 2. The van der Waals surface area contributed by atoms with E-state index >= 15 is 0 Å². The molecule has 0 unspecified atom stereocenters. The molecule has 7 heteroatoms. The molecule has 2 aromatic heterocycles. The third kappa shape index (κ3) is 2.84. The van der Waals surface area contributed by atoms with E-state index in [1.165, 1.54) is 11.3 Å². The lowest BCUT2D eigenvalue weighted by Crippen LogP contribution is -2.13. The number of amides is 1. The Morgan fingerprint density at radius 3 is 3.00 bits per heavy atom. The van der Waals surface area contributed by atoms with Gasteiger partial charge in [-0.1, -0.05) is 17.4 Å². The highest BCUT2D eigenvalue weighted by Gasteiger charge is 2.08. The smallest absolute Gasteiger partial charge is 0.231 e. The fourth-order valence-electron chi connectivity index (χ4n) is 1.12. The summed E-state index contributed by atoms with van der Waals surface area (Å²) in [7, 11) is 0. The van der Waals surface area contributed by atoms with Gasteiger partial charge in [-0.25, -0.2) is 0 Å². The molecule has 0 atom stereocenters. The zero-order valence-electron chi connectivity index (χ0n) is 8.34. The Kier molecular flexibility index (Phi) is 3.60. The van der Waals surface area contributed by atoms with E-state index in [4.69, 9.17) is 5.73 Å². The molecule has 5 nitrogen and oxygen atoms in total. The Morgan fingerprint density at radius 2 is 2.38 bits per heavy atom. The van der Waals surface area contributed by atoms with Gasteiger partial charge in [0, 0.05) is 11.4 Å². The second kappa shape index (κ2) is 5.15. The summed E-state index contributed by atoms with van der Waals surface area (Å²) >= 11 is 2.86. The summed E-state index contributed by atoms with van der Waals surface area (Å²) in [5, 5.41) is 13.5. The maximum atomic E-state index is 11.6. The van der Waals surface area contributed by atoms with Crippen LogP contribution >= 0.6 is 22.7 Å². The summed E-state index contributed by atoms with van der Waals surface area (Å²) in [6.45, 7) is 0.346. The van der Waals surface area contributed by atoms with E-state index in [0.29, 0.717) is 23.1 Å². The van der Waals surface area contributed by atoms with Gasteiger partial charge in [-0.05, 0) is 11.4 Å². The average Bonchev–Trinajstić information content (AvgIpc) is 2.89. The molecule has 16 heavy (non-hydrogen) atoms. The summed E-state index contributed by atoms with van der Waals surface area (Å²) in [4.78, 5) is 12.6. The second-order valence-corrected chi connectivity index (χ2v) is 5.10. The van der Waals surface area contributed by atoms with Crippen molar-refractivity contribution >= 4 is 33.7 Å². The molecule has 0 fully saturated rings. The predicted molar refractivity (Wildman–Crippen MR) is 64.5 cm³/mol. The van der Waals surface area contributed by atoms with Gasteiger partial charge in [0.1, 0.15) is 5.01 Å². The summed E-state index contributed by atoms with van der Waals surface area (Å²) < 4.78 is 0. The van der Waals surface area contributed by atoms with Gasteiger partial charge in [0.25, 0.3) is 0 Å². The van der Waals surface area contributed by atoms with Crippen LogP contribution < -0.4 is 11.1 Å². The zero-order valence-corrected chi connectivity index (χ0v) is 9.98. The Labute approximate surface area is 100 Å². The first kappa shape index (κ1) is 11.2. The van der Waals surface area contributed by atoms with Crippen molar-refractivity contribution in [3.05, 3.63) is 27.4 Å². The van der Waals surface area contributed by atoms with Gasteiger partial charge in [-0.2, -0.15) is 0 Å². The Balaban J connectivity index is 1.92. The lowest BCUT2D eigenvalue weighted by Gasteiger charge is -1.97. The summed E-state index contributed by atoms with van der Waals surface area (Å²) in [5.41, 5.74) is 5.40. The molecular weight excluding hydrogens is 244 g/mol. The van der Waals surface area contributed by atoms with Crippen LogP contribution in [-0.2, 0) is 17.8 Å². The summed E-state index contributed by atoms with van der Waals surface area (Å²) in [6.07, 6.45) is 0.370. The molecule has 0 aliphatic rings. The number of anilines is 1. The van der Waals surface area contributed by atoms with Gasteiger partial charge in [-0.15, -0.1) is 21.5 Å². The van der Waals surface area contributed by atoms with E-state index < -0.39 is 0 Å². The highest BCUT2D eigenvalue weighted by molar-refractivity contribution is 7.15. The van der Waals surface area contributed by atoms with Crippen LogP contribution in [-0.4, -0.2) is 16.1 Å². The van der Waals surface area contributed by atoms with Crippen LogP contribution in [0.5, 0.6) is 0 Å². The van der Waals surface area contributed by atoms with E-state index in [1.54, 1.807) is 11.3 Å². The molecule has 2 rings (SSSR count). The SMILES string of the molecule is NCc1nnc(NC(=O)Cc2cccs2)s1. The second-order valence-electron chi connectivity index (χ2n) is 3.01. The van der Waals surface area contributed by atoms with Crippen molar-refractivity contribution < 1.29 is 4.79 Å². The largest absolute Gasteiger partial charge is 0.324 e. The van der Waals surface area contributed by atoms with Gasteiger partial charge in [-0.3, -0.25) is 4.79 Å². The molecule has 0 aliphatic heterocycles. The summed E-state index contributed by atoms with van der Waals surface area (Å²) in [6, 6.07) is 3.85. The van der Waals surface area contributed by atoms with Crippen LogP contribution in [0.3, 0.4) is 0 Å². The molecule has 0 bridgehead atoms. The Hall–Kier alpha value is -1.31. The van der Waals surface area contributed by atoms with Crippen LogP contribution in [0.4, 0.5) is 5.13 Å². The molecule has 2 aromatic rings. The molecule has 0 saturated carbocycles. The summed E-state index contributed by atoms with van der Waals surface area (Å²) in [5.74, 6) is -0.0813. The van der Waals surface area contributed by atoms with Crippen molar-refractivity contribution in [3.8, 4) is 0 Å². The zero-order chi connectivity index (χ0) is 11.4. The van der Waals surface area contributed by atoms with E-state index in [9.17, 15) is 4.79 Å². The number of carbonyl (C=O) groups is 1. The normalized spacial score (nSPS) is 10.3. The van der Waals surface area contributed by atoms with E-state index in [2.05, 4.69) is 15.5 Å². The van der Waals surface area contributed by atoms with Crippen molar-refractivity contribution in [2.45, 2.75) is 13.0 Å². The van der Waals surface area contributed by atoms with Crippen molar-refractivity contribution in [1.82, 2.24) is 10.2 Å². The topological polar surface area (TPSA) is 80.9 Å². The molecule has 2 heterocycles. The number of carbonyl (C=O) groups excluding carboxylic acids is 1. The van der Waals surface area contributed by atoms with E-state index in [0.717, 1.165) is 4.88 Å². The lowest BCUT2D eigenvalue weighted by molar-refractivity contribution is -0.115. The first-order valence-corrected chi connectivity index (χ1v) is 6.32. The fourth-order valence-corrected chi connectivity index (χ4v) is 2.46. The first-order chi connectivity index (χ1) is 7.78. The van der Waals surface area contributed by atoms with Crippen molar-refractivity contribution in [1.29, 1.82) is 0 Å². The van der Waals surface area contributed by atoms with E-state index in [1.807, 2.05) is 17.5 Å². The minimum absolute atomic E-state index is 0.0813. The standard InChI is InChI=1S/C9H10N4OS2/c10-5-8-12-13-9(16-8)11-7(14)4-6-2-1-3-15-6/h1-3H,4-5,10H2,(H,11,13,14). The number of nitrogens with zero attached hydrogens (tertiary/aromatic N) is 2. The van der Waals surface area contributed by atoms with Gasteiger partial charge in [0.15, 0.2) is 0 Å². The minimum Gasteiger partial charge on any atom is -0.324 e. The predicted octanol–water partition coefficient (Wildman–Crippen LogP) is 1.24. The number of nitrogens with two attached hydrogens (primary N) is 1. The molecule has 3 N–H and O–H groups in total. The fraction of sp³-hybridized carbons (Fsp3) is 0.222. The number of rotatable bonds is 4. The van der Waals surface area contributed by atoms with Gasteiger partial charge < -0.3 is 11.1 Å². The number of hydrogen-bond acceptors (Lipinski definition) is 6. The quantitative estimate of drug-likeness (QED) is 0.860. The molecule has 0 saturated heterocycles. The first-order valence-electron chi connectivity index (χ1n) is 4.62. The maximum Gasteiger partial charge on any atom is 0.231 e. The highest BCUT2D eigenvalue weighted by Crippen LogP contribution is 2.15. The maximum absolute atomic E-state index is 11.6. The van der Waals surface area contributed by atoms with Crippen LogP contribution in [0.25, 0.3) is 0 Å². The van der Waals surface area contributed by atoms with Crippen molar-refractivity contribution in [2.75, 3.05) is 5.32 Å². The number of nitrogens with one attached hydrogen (secondary N) is 1. The minimum atomic E-state index is -0.0813. The van der Waals surface area contributed by atoms with Gasteiger partial charge in [0.2, 0.25) is 11.0 Å². The van der Waals surface area contributed by atoms with Crippen LogP contribution in [0, 0.1) is 0 Å². The van der Waals surface area contributed by atoms with Gasteiger partial charge >= 0.3 is 0 Å². The molecule has 84 valence electrons. The Morgan fingerprint density at radius 1 is 1.50 bits per heavy atom. The number of aromatic nitrogens is 2. The van der Waals surface area contributed by atoms with E-state index in [-0.39, 0.29) is 5.91 Å². The third-order valence-electron chi connectivity index (χ3n) is 1.80. The highest BCUT2D eigenvalue weighted by atomic mass is 32.1. The van der Waals surface area contributed by atoms with Crippen molar-refractivity contribution in [3.63, 3.8) is 0 Å². The van der Waals surface area contributed by atoms with Crippen molar-refractivity contribution in [2.24, 2.45) is 5.73 Å². The monoisotopic (exact) mass is 254 g/mol. The molecular formula is C9H10N4OS2. The molecule has 0 radical (unpaired) electrons. The van der Waals surface area contributed by atoms with Crippen LogP contribution in [0.1, 0.15) is 9.88 Å². The molecule has 0 spiro atoms. The Bertz CT molecular complexity index is 466. The van der Waals surface area contributed by atoms with Gasteiger partial charge in [0.05, 0.1) is 6.42 Å². The number of thiophene rings is 1.